The van der Waals surface area contributed by atoms with Crippen molar-refractivity contribution in [3.05, 3.63) is 48.2 Å². The smallest absolute Gasteiger partial charge is 0.408 e. The Balaban J connectivity index is 1.48. The Morgan fingerprint density at radius 2 is 1.89 bits per heavy atom. The third kappa shape index (κ3) is 8.02. The number of carboxylic acid groups (broad SMARTS) is 1. The molecule has 47 heavy (non-hydrogen) atoms. The molecular weight excluding hydrogens is 600 g/mol. The molecule has 2 aliphatic heterocycles. The van der Waals surface area contributed by atoms with Crippen molar-refractivity contribution < 1.29 is 29.0 Å². The van der Waals surface area contributed by atoms with Gasteiger partial charge in [-0.15, -0.1) is 0 Å². The number of aliphatic carboxylic acids is 1. The number of carbonyl (C=O) groups excluding carboxylic acids is 3. The summed E-state index contributed by atoms with van der Waals surface area (Å²) in [5.74, 6) is -2.36. The second-order valence-corrected chi connectivity index (χ2v) is 14.0. The van der Waals surface area contributed by atoms with E-state index in [0.29, 0.717) is 19.3 Å². The number of aryl methyl sites for hydroxylation is 1. The monoisotopic (exact) mass is 648 g/mol. The number of ether oxygens (including phenoxy) is 1. The first-order valence-corrected chi connectivity index (χ1v) is 16.9. The zero-order valence-electron chi connectivity index (χ0n) is 27.9. The van der Waals surface area contributed by atoms with E-state index >= 15 is 0 Å². The van der Waals surface area contributed by atoms with E-state index in [9.17, 15) is 24.3 Å². The lowest BCUT2D eigenvalue weighted by molar-refractivity contribution is -0.145. The van der Waals surface area contributed by atoms with Gasteiger partial charge in [0.15, 0.2) is 0 Å². The number of hydrogen-bond acceptors (Lipinski definition) is 7. The fraction of sp³-hybridized carbons (Fsp3) is 0.600. The van der Waals surface area contributed by atoms with Crippen molar-refractivity contribution >= 4 is 23.9 Å². The molecule has 0 radical (unpaired) electrons. The van der Waals surface area contributed by atoms with Crippen molar-refractivity contribution in [2.75, 3.05) is 6.54 Å². The maximum Gasteiger partial charge on any atom is 0.408 e. The molecular formula is C35H48N6O6. The minimum Gasteiger partial charge on any atom is -0.479 e. The van der Waals surface area contributed by atoms with Crippen molar-refractivity contribution in [1.29, 1.82) is 0 Å². The van der Waals surface area contributed by atoms with Gasteiger partial charge in [0.05, 0.1) is 11.7 Å². The average molecular weight is 649 g/mol. The molecule has 1 aromatic heterocycles. The molecule has 1 saturated heterocycles. The predicted molar refractivity (Wildman–Crippen MR) is 175 cm³/mol. The van der Waals surface area contributed by atoms with E-state index < -0.39 is 53.1 Å². The first-order chi connectivity index (χ1) is 22.4. The summed E-state index contributed by atoms with van der Waals surface area (Å²) in [6.45, 7) is 7.50. The molecule has 0 unspecified atom stereocenters. The van der Waals surface area contributed by atoms with Crippen LogP contribution in [0, 0.1) is 5.92 Å². The summed E-state index contributed by atoms with van der Waals surface area (Å²) in [5, 5.41) is 25.5. The number of rotatable bonds is 7. The molecule has 1 aromatic carbocycles. The van der Waals surface area contributed by atoms with Gasteiger partial charge in [0.25, 0.3) is 0 Å². The van der Waals surface area contributed by atoms with Gasteiger partial charge in [0.1, 0.15) is 28.9 Å². The third-order valence-corrected chi connectivity index (χ3v) is 9.17. The maximum atomic E-state index is 14.3. The van der Waals surface area contributed by atoms with Crippen LogP contribution in [0.15, 0.2) is 42.5 Å². The molecule has 5 atom stereocenters. The van der Waals surface area contributed by atoms with Gasteiger partial charge in [0.2, 0.25) is 11.8 Å². The van der Waals surface area contributed by atoms with E-state index in [1.165, 1.54) is 4.90 Å². The van der Waals surface area contributed by atoms with Gasteiger partial charge >= 0.3 is 12.1 Å². The van der Waals surface area contributed by atoms with Gasteiger partial charge in [-0.05, 0) is 59.3 Å². The van der Waals surface area contributed by atoms with Crippen LogP contribution in [0.1, 0.15) is 97.2 Å². The summed E-state index contributed by atoms with van der Waals surface area (Å²) >= 11 is 0. The van der Waals surface area contributed by atoms with Gasteiger partial charge < -0.3 is 25.4 Å². The van der Waals surface area contributed by atoms with Gasteiger partial charge in [-0.3, -0.25) is 9.59 Å². The minimum atomic E-state index is -1.41. The lowest BCUT2D eigenvalue weighted by atomic mass is 10.0. The molecule has 12 heteroatoms. The molecule has 3 amide bonds. The number of benzene rings is 1. The van der Waals surface area contributed by atoms with E-state index in [0.717, 1.165) is 55.5 Å². The van der Waals surface area contributed by atoms with Crippen LogP contribution in [0.5, 0.6) is 0 Å². The lowest BCUT2D eigenvalue weighted by Crippen LogP contribution is -2.56. The van der Waals surface area contributed by atoms with Crippen LogP contribution in [0.3, 0.4) is 0 Å². The number of nitrogens with zero attached hydrogens (tertiary/aromatic N) is 4. The molecule has 3 heterocycles. The molecule has 3 N–H and O–H groups in total. The highest BCUT2D eigenvalue weighted by atomic mass is 16.6. The molecule has 3 aliphatic rings. The Kier molecular flexibility index (Phi) is 10.4. The minimum absolute atomic E-state index is 0.128. The fourth-order valence-electron chi connectivity index (χ4n) is 6.54. The number of unbranched alkanes of at least 4 members (excludes halogenated alkanes) is 1. The topological polar surface area (TPSA) is 156 Å². The highest BCUT2D eigenvalue weighted by molar-refractivity contribution is 5.96. The Bertz CT molecular complexity index is 1480. The Morgan fingerprint density at radius 3 is 2.60 bits per heavy atom. The molecule has 1 saturated carbocycles. The van der Waals surface area contributed by atoms with Gasteiger partial charge in [-0.1, -0.05) is 68.7 Å². The maximum absolute atomic E-state index is 14.3. The van der Waals surface area contributed by atoms with Crippen LogP contribution in [-0.2, 0) is 25.5 Å². The number of aromatic nitrogens is 3. The molecule has 2 aromatic rings. The van der Waals surface area contributed by atoms with Crippen LogP contribution < -0.4 is 10.6 Å². The van der Waals surface area contributed by atoms with Crippen LogP contribution >= 0.6 is 0 Å². The quantitative estimate of drug-likeness (QED) is 0.362. The zero-order chi connectivity index (χ0) is 33.8. The Labute approximate surface area is 276 Å². The lowest BCUT2D eigenvalue weighted by Gasteiger charge is -2.30. The SMILES string of the molecule is CCCCc1nn([C@H]2C[C@H]3C(=O)N[C@]4(C(=O)O)C[C@H]4C=CCCCCC[C@H](NC(=O)OC(C)(C)C)C(=O)N3C2)nc1-c1ccccc1. The number of nitrogens with one attached hydrogen (secondary N) is 2. The number of allylic oxidation sites excluding steroid dienone is 1. The van der Waals surface area contributed by atoms with E-state index in [2.05, 4.69) is 17.6 Å². The number of hydrogen-bond donors (Lipinski definition) is 3. The molecule has 254 valence electrons. The summed E-state index contributed by atoms with van der Waals surface area (Å²) in [6, 6.07) is 7.46. The second kappa shape index (κ2) is 14.3. The highest BCUT2D eigenvalue weighted by Gasteiger charge is 2.61. The molecule has 0 bridgehead atoms. The first-order valence-electron chi connectivity index (χ1n) is 16.9. The van der Waals surface area contributed by atoms with Crippen molar-refractivity contribution in [2.24, 2.45) is 5.92 Å². The molecule has 0 spiro atoms. The van der Waals surface area contributed by atoms with E-state index in [1.54, 1.807) is 25.6 Å². The summed E-state index contributed by atoms with van der Waals surface area (Å²) < 4.78 is 5.49. The molecule has 5 rings (SSSR count). The predicted octanol–water partition coefficient (Wildman–Crippen LogP) is 4.80. The number of fused-ring (bicyclic) bond motifs is 2. The summed E-state index contributed by atoms with van der Waals surface area (Å²) in [5.41, 5.74) is 0.377. The van der Waals surface area contributed by atoms with Gasteiger partial charge in [0, 0.05) is 24.4 Å². The van der Waals surface area contributed by atoms with Crippen LogP contribution in [-0.4, -0.2) is 78.6 Å². The summed E-state index contributed by atoms with van der Waals surface area (Å²) in [4.78, 5) is 56.7. The highest BCUT2D eigenvalue weighted by Crippen LogP contribution is 2.45. The standard InChI is InChI=1S/C35H48N6O6/c1-5-6-18-26-29(23-15-11-10-12-16-23)39-41(38-26)25-20-28-30(42)37-35(32(44)45)21-24(35)17-13-8-7-9-14-19-27(31(43)40(28)22-25)36-33(46)47-34(2,3)4/h10-13,15-17,24-25,27-28H,5-9,14,18-22H2,1-4H3,(H,36,46)(H,37,42)(H,44,45)/t24-,25+,27+,28+,35-/m1/s1. The Hall–Kier alpha value is -4.22. The number of alkyl carbamates (subject to hydrolysis) is 1. The van der Waals surface area contributed by atoms with Crippen LogP contribution in [0.2, 0.25) is 0 Å². The Morgan fingerprint density at radius 1 is 1.13 bits per heavy atom. The summed E-state index contributed by atoms with van der Waals surface area (Å²) in [7, 11) is 0. The molecule has 2 fully saturated rings. The van der Waals surface area contributed by atoms with E-state index in [-0.39, 0.29) is 18.9 Å². The largest absolute Gasteiger partial charge is 0.479 e. The van der Waals surface area contributed by atoms with E-state index in [4.69, 9.17) is 14.9 Å². The van der Waals surface area contributed by atoms with Crippen molar-refractivity contribution in [1.82, 2.24) is 30.5 Å². The van der Waals surface area contributed by atoms with E-state index in [1.807, 2.05) is 42.5 Å². The van der Waals surface area contributed by atoms with Crippen LogP contribution in [0.25, 0.3) is 11.3 Å². The van der Waals surface area contributed by atoms with Gasteiger partial charge in [-0.2, -0.15) is 15.0 Å². The van der Waals surface area contributed by atoms with Crippen LogP contribution in [0.4, 0.5) is 4.79 Å². The van der Waals surface area contributed by atoms with Crippen molar-refractivity contribution in [3.63, 3.8) is 0 Å². The zero-order valence-corrected chi connectivity index (χ0v) is 27.9. The average Bonchev–Trinajstić information content (AvgIpc) is 3.34. The summed E-state index contributed by atoms with van der Waals surface area (Å²) in [6.07, 6.45) is 9.79. The number of carbonyl (C=O) groups is 4. The second-order valence-electron chi connectivity index (χ2n) is 14.0. The fourth-order valence-corrected chi connectivity index (χ4v) is 6.54. The van der Waals surface area contributed by atoms with Crippen molar-refractivity contribution in [2.45, 2.75) is 121 Å². The number of carboxylic acids is 1. The molecule has 12 nitrogen and oxygen atoms in total. The van der Waals surface area contributed by atoms with Gasteiger partial charge in [-0.25, -0.2) is 9.59 Å². The number of amides is 3. The van der Waals surface area contributed by atoms with Crippen molar-refractivity contribution in [3.8, 4) is 11.3 Å². The first kappa shape index (κ1) is 34.1. The third-order valence-electron chi connectivity index (χ3n) is 9.17. The molecule has 1 aliphatic carbocycles. The normalized spacial score (nSPS) is 26.8.